The van der Waals surface area contributed by atoms with Gasteiger partial charge in [0.15, 0.2) is 11.5 Å². The van der Waals surface area contributed by atoms with Crippen molar-refractivity contribution in [1.82, 2.24) is 0 Å². The molecule has 0 saturated carbocycles. The van der Waals surface area contributed by atoms with E-state index >= 15 is 0 Å². The van der Waals surface area contributed by atoms with Crippen LogP contribution in [0.2, 0.25) is 0 Å². The Morgan fingerprint density at radius 1 is 0.583 bits per heavy atom. The van der Waals surface area contributed by atoms with Gasteiger partial charge < -0.3 is 20.9 Å². The third-order valence-electron chi connectivity index (χ3n) is 3.62. The van der Waals surface area contributed by atoms with E-state index in [0.717, 1.165) is 11.1 Å². The summed E-state index contributed by atoms with van der Waals surface area (Å²) in [6.45, 7) is 0.873. The highest BCUT2D eigenvalue weighted by atomic mass is 16.5. The van der Waals surface area contributed by atoms with Gasteiger partial charge >= 0.3 is 0 Å². The first-order valence-corrected chi connectivity index (χ1v) is 7.75. The van der Waals surface area contributed by atoms with Crippen molar-refractivity contribution in [2.75, 3.05) is 11.5 Å². The molecule has 0 heterocycles. The van der Waals surface area contributed by atoms with E-state index in [1.165, 1.54) is 0 Å². The van der Waals surface area contributed by atoms with Crippen molar-refractivity contribution in [1.29, 1.82) is 0 Å². The van der Waals surface area contributed by atoms with Crippen molar-refractivity contribution >= 4 is 11.4 Å². The third kappa shape index (κ3) is 3.98. The third-order valence-corrected chi connectivity index (χ3v) is 3.62. The second-order valence-corrected chi connectivity index (χ2v) is 5.48. The van der Waals surface area contributed by atoms with Crippen LogP contribution in [0.3, 0.4) is 0 Å². The highest BCUT2D eigenvalue weighted by Gasteiger charge is 2.10. The molecule has 0 aliphatic rings. The van der Waals surface area contributed by atoms with Crippen LogP contribution in [0.25, 0.3) is 0 Å². The van der Waals surface area contributed by atoms with Gasteiger partial charge in [0.05, 0.1) is 11.4 Å². The molecule has 4 N–H and O–H groups in total. The lowest BCUT2D eigenvalue weighted by Gasteiger charge is -2.15. The van der Waals surface area contributed by atoms with E-state index < -0.39 is 0 Å². The van der Waals surface area contributed by atoms with Gasteiger partial charge in [0.2, 0.25) is 0 Å². The fourth-order valence-corrected chi connectivity index (χ4v) is 2.29. The summed E-state index contributed by atoms with van der Waals surface area (Å²) in [4.78, 5) is 0. The van der Waals surface area contributed by atoms with E-state index in [9.17, 15) is 0 Å². The van der Waals surface area contributed by atoms with E-state index in [0.29, 0.717) is 36.1 Å². The molecular formula is C20H20N2O2. The molecule has 0 aromatic heterocycles. The maximum absolute atomic E-state index is 5.91. The van der Waals surface area contributed by atoms with Gasteiger partial charge in [0.25, 0.3) is 0 Å². The molecule has 3 rings (SSSR count). The van der Waals surface area contributed by atoms with Crippen molar-refractivity contribution < 1.29 is 9.47 Å². The zero-order chi connectivity index (χ0) is 16.8. The largest absolute Gasteiger partial charge is 0.485 e. The first-order chi connectivity index (χ1) is 11.7. The minimum atomic E-state index is 0.436. The quantitative estimate of drug-likeness (QED) is 0.673. The summed E-state index contributed by atoms with van der Waals surface area (Å²) in [6, 6.07) is 23.3. The Morgan fingerprint density at radius 2 is 0.958 bits per heavy atom. The van der Waals surface area contributed by atoms with Crippen LogP contribution < -0.4 is 20.9 Å². The topological polar surface area (TPSA) is 70.5 Å². The normalized spacial score (nSPS) is 10.3. The lowest BCUT2D eigenvalue weighted by molar-refractivity contribution is 0.256. The molecule has 0 bridgehead atoms. The van der Waals surface area contributed by atoms with Crippen LogP contribution in [0.4, 0.5) is 11.4 Å². The molecule has 24 heavy (non-hydrogen) atoms. The minimum absolute atomic E-state index is 0.436. The van der Waals surface area contributed by atoms with Gasteiger partial charge in [-0.05, 0) is 11.1 Å². The van der Waals surface area contributed by atoms with E-state index in [-0.39, 0.29) is 0 Å². The van der Waals surface area contributed by atoms with Crippen molar-refractivity contribution in [3.05, 3.63) is 83.9 Å². The summed E-state index contributed by atoms with van der Waals surface area (Å²) in [7, 11) is 0. The molecule has 0 fully saturated rings. The predicted octanol–water partition coefficient (Wildman–Crippen LogP) is 4.01. The molecule has 0 atom stereocenters. The Labute approximate surface area is 141 Å². The van der Waals surface area contributed by atoms with Crippen LogP contribution in [0.15, 0.2) is 72.8 Å². The van der Waals surface area contributed by atoms with E-state index in [4.69, 9.17) is 20.9 Å². The van der Waals surface area contributed by atoms with Crippen molar-refractivity contribution in [2.24, 2.45) is 0 Å². The number of hydrogen-bond donors (Lipinski definition) is 2. The molecule has 0 unspecified atom stereocenters. The molecule has 0 spiro atoms. The van der Waals surface area contributed by atoms with Crippen LogP contribution in [-0.2, 0) is 13.2 Å². The van der Waals surface area contributed by atoms with Crippen LogP contribution in [0.1, 0.15) is 11.1 Å². The number of rotatable bonds is 6. The minimum Gasteiger partial charge on any atom is -0.485 e. The van der Waals surface area contributed by atoms with Gasteiger partial charge in [-0.2, -0.15) is 0 Å². The monoisotopic (exact) mass is 320 g/mol. The maximum Gasteiger partial charge on any atom is 0.163 e. The predicted molar refractivity (Wildman–Crippen MR) is 96.8 cm³/mol. The number of anilines is 2. The first kappa shape index (κ1) is 15.7. The van der Waals surface area contributed by atoms with Gasteiger partial charge in [-0.25, -0.2) is 0 Å². The molecule has 3 aromatic carbocycles. The molecule has 0 radical (unpaired) electrons. The maximum atomic E-state index is 5.91. The summed E-state index contributed by atoms with van der Waals surface area (Å²) < 4.78 is 11.8. The second kappa shape index (κ2) is 7.42. The number of hydrogen-bond acceptors (Lipinski definition) is 4. The summed E-state index contributed by atoms with van der Waals surface area (Å²) >= 11 is 0. The summed E-state index contributed by atoms with van der Waals surface area (Å²) in [5, 5.41) is 0. The van der Waals surface area contributed by atoms with E-state index in [1.807, 2.05) is 60.7 Å². The molecule has 122 valence electrons. The molecule has 0 aliphatic carbocycles. The summed E-state index contributed by atoms with van der Waals surface area (Å²) in [5.74, 6) is 1.17. The average molecular weight is 320 g/mol. The number of nitrogens with two attached hydrogens (primary N) is 2. The standard InChI is InChI=1S/C20H20N2O2/c21-17-11-19(23-13-15-7-3-1-4-8-15)20(12-18(17)22)24-14-16-9-5-2-6-10-16/h1-12H,13-14,21-22H2. The first-order valence-electron chi connectivity index (χ1n) is 7.75. The summed E-state index contributed by atoms with van der Waals surface area (Å²) in [5.41, 5.74) is 14.9. The molecule has 4 heteroatoms. The van der Waals surface area contributed by atoms with Gasteiger partial charge in [-0.15, -0.1) is 0 Å². The SMILES string of the molecule is Nc1cc(OCc2ccccc2)c(OCc2ccccc2)cc1N. The fraction of sp³-hybridized carbons (Fsp3) is 0.100. The van der Waals surface area contributed by atoms with Crippen molar-refractivity contribution in [3.8, 4) is 11.5 Å². The molecule has 0 saturated heterocycles. The Bertz CT molecular complexity index is 721. The molecule has 0 aliphatic heterocycles. The highest BCUT2D eigenvalue weighted by molar-refractivity contribution is 5.69. The number of ether oxygens (including phenoxy) is 2. The highest BCUT2D eigenvalue weighted by Crippen LogP contribution is 2.34. The fourth-order valence-electron chi connectivity index (χ4n) is 2.29. The van der Waals surface area contributed by atoms with E-state index in [2.05, 4.69) is 0 Å². The van der Waals surface area contributed by atoms with Crippen LogP contribution in [-0.4, -0.2) is 0 Å². The Balaban J connectivity index is 1.75. The van der Waals surface area contributed by atoms with Crippen LogP contribution >= 0.6 is 0 Å². The second-order valence-electron chi connectivity index (χ2n) is 5.48. The van der Waals surface area contributed by atoms with Gasteiger partial charge in [-0.3, -0.25) is 0 Å². The zero-order valence-electron chi connectivity index (χ0n) is 13.3. The zero-order valence-corrected chi connectivity index (χ0v) is 13.3. The van der Waals surface area contributed by atoms with Gasteiger partial charge in [0, 0.05) is 12.1 Å². The van der Waals surface area contributed by atoms with Crippen molar-refractivity contribution in [3.63, 3.8) is 0 Å². The van der Waals surface area contributed by atoms with Crippen LogP contribution in [0, 0.1) is 0 Å². The number of nitrogen functional groups attached to an aromatic ring is 2. The summed E-state index contributed by atoms with van der Waals surface area (Å²) in [6.07, 6.45) is 0. The Kier molecular flexibility index (Phi) is 4.87. The van der Waals surface area contributed by atoms with Gasteiger partial charge in [-0.1, -0.05) is 60.7 Å². The van der Waals surface area contributed by atoms with Crippen LogP contribution in [0.5, 0.6) is 11.5 Å². The average Bonchev–Trinajstić information content (AvgIpc) is 2.63. The Morgan fingerprint density at radius 3 is 1.33 bits per heavy atom. The smallest absolute Gasteiger partial charge is 0.163 e. The van der Waals surface area contributed by atoms with Gasteiger partial charge in [0.1, 0.15) is 13.2 Å². The molecule has 0 amide bonds. The lowest BCUT2D eigenvalue weighted by Crippen LogP contribution is -2.03. The Hall–Kier alpha value is -3.14. The lowest BCUT2D eigenvalue weighted by atomic mass is 10.2. The molecule has 3 aromatic rings. The number of benzene rings is 3. The van der Waals surface area contributed by atoms with E-state index in [1.54, 1.807) is 12.1 Å². The molecular weight excluding hydrogens is 300 g/mol. The van der Waals surface area contributed by atoms with Crippen molar-refractivity contribution in [2.45, 2.75) is 13.2 Å². The molecule has 4 nitrogen and oxygen atoms in total.